The first kappa shape index (κ1) is 13.3. The Kier molecular flexibility index (Phi) is 4.34. The molecule has 0 saturated carbocycles. The van der Waals surface area contributed by atoms with Crippen molar-refractivity contribution in [3.05, 3.63) is 57.6 Å². The van der Waals surface area contributed by atoms with Crippen molar-refractivity contribution in [3.8, 4) is 0 Å². The molecule has 0 aliphatic heterocycles. The zero-order chi connectivity index (χ0) is 13.7. The van der Waals surface area contributed by atoms with Crippen molar-refractivity contribution in [1.82, 2.24) is 9.97 Å². The van der Waals surface area contributed by atoms with Crippen LogP contribution in [-0.4, -0.2) is 16.5 Å². The van der Waals surface area contributed by atoms with Crippen LogP contribution in [0.4, 0.5) is 5.82 Å². The van der Waals surface area contributed by atoms with Gasteiger partial charge in [-0.3, -0.25) is 4.79 Å². The van der Waals surface area contributed by atoms with Gasteiger partial charge >= 0.3 is 0 Å². The first-order valence-corrected chi connectivity index (χ1v) is 6.57. The molecule has 2 rings (SSSR count). The zero-order valence-corrected chi connectivity index (χ0v) is 11.4. The number of H-pyrrole nitrogens is 1. The maximum absolute atomic E-state index is 11.4. The number of aromatic amines is 1. The Balaban J connectivity index is 1.96. The fourth-order valence-corrected chi connectivity index (χ4v) is 1.97. The molecule has 4 heteroatoms. The molecule has 0 radical (unpaired) electrons. The Bertz CT molecular complexity index is 604. The van der Waals surface area contributed by atoms with Crippen LogP contribution >= 0.6 is 0 Å². The van der Waals surface area contributed by atoms with E-state index in [2.05, 4.69) is 46.5 Å². The summed E-state index contributed by atoms with van der Waals surface area (Å²) in [6, 6.07) is 9.92. The summed E-state index contributed by atoms with van der Waals surface area (Å²) >= 11 is 0. The molecule has 4 nitrogen and oxygen atoms in total. The third-order valence-corrected chi connectivity index (χ3v) is 2.93. The predicted octanol–water partition coefficient (Wildman–Crippen LogP) is 2.30. The van der Waals surface area contributed by atoms with Crippen molar-refractivity contribution in [2.75, 3.05) is 11.9 Å². The van der Waals surface area contributed by atoms with E-state index in [1.54, 1.807) is 0 Å². The number of rotatable bonds is 5. The molecule has 0 bridgehead atoms. The fourth-order valence-electron chi connectivity index (χ4n) is 1.97. The molecule has 100 valence electrons. The van der Waals surface area contributed by atoms with Crippen molar-refractivity contribution < 1.29 is 0 Å². The molecule has 19 heavy (non-hydrogen) atoms. The van der Waals surface area contributed by atoms with Crippen molar-refractivity contribution in [3.63, 3.8) is 0 Å². The molecule has 0 atom stereocenters. The summed E-state index contributed by atoms with van der Waals surface area (Å²) in [6.07, 6.45) is 1.64. The molecule has 0 fully saturated rings. The van der Waals surface area contributed by atoms with Gasteiger partial charge in [-0.2, -0.15) is 0 Å². The minimum absolute atomic E-state index is 0.107. The lowest BCUT2D eigenvalue weighted by atomic mass is 10.1. The van der Waals surface area contributed by atoms with Crippen LogP contribution in [0.2, 0.25) is 0 Å². The maximum atomic E-state index is 11.4. The maximum Gasteiger partial charge on any atom is 0.252 e. The monoisotopic (exact) mass is 257 g/mol. The van der Waals surface area contributed by atoms with Crippen molar-refractivity contribution in [1.29, 1.82) is 0 Å². The average Bonchev–Trinajstić information content (AvgIpc) is 2.38. The van der Waals surface area contributed by atoms with Crippen LogP contribution in [0.3, 0.4) is 0 Å². The molecule has 0 unspecified atom stereocenters. The molecular formula is C15H19N3O. The topological polar surface area (TPSA) is 57.8 Å². The van der Waals surface area contributed by atoms with Gasteiger partial charge in [0.05, 0.1) is 0 Å². The van der Waals surface area contributed by atoms with E-state index in [1.807, 2.05) is 6.92 Å². The second-order valence-corrected chi connectivity index (χ2v) is 4.60. The summed E-state index contributed by atoms with van der Waals surface area (Å²) < 4.78 is 0. The number of anilines is 1. The van der Waals surface area contributed by atoms with E-state index in [4.69, 9.17) is 0 Å². The molecule has 0 aliphatic rings. The van der Waals surface area contributed by atoms with Gasteiger partial charge in [0.15, 0.2) is 0 Å². The van der Waals surface area contributed by atoms with Crippen LogP contribution in [-0.2, 0) is 12.8 Å². The Morgan fingerprint density at radius 3 is 2.89 bits per heavy atom. The molecular weight excluding hydrogens is 238 g/mol. The minimum Gasteiger partial charge on any atom is -0.370 e. The van der Waals surface area contributed by atoms with Crippen LogP contribution in [0.1, 0.15) is 23.9 Å². The molecule has 0 amide bonds. The SMILES string of the molecule is CCc1nc(NCCc2cccc(C)c2)cc(=O)[nH]1. The quantitative estimate of drug-likeness (QED) is 0.864. The van der Waals surface area contributed by atoms with Gasteiger partial charge in [0, 0.05) is 19.0 Å². The second-order valence-electron chi connectivity index (χ2n) is 4.60. The minimum atomic E-state index is -0.107. The lowest BCUT2D eigenvalue weighted by Crippen LogP contribution is -2.14. The van der Waals surface area contributed by atoms with Gasteiger partial charge in [-0.15, -0.1) is 0 Å². The van der Waals surface area contributed by atoms with E-state index in [9.17, 15) is 4.79 Å². The van der Waals surface area contributed by atoms with E-state index >= 15 is 0 Å². The molecule has 0 spiro atoms. The summed E-state index contributed by atoms with van der Waals surface area (Å²) in [5.41, 5.74) is 2.44. The molecule has 2 N–H and O–H groups in total. The zero-order valence-electron chi connectivity index (χ0n) is 11.4. The normalized spacial score (nSPS) is 10.4. The molecule has 1 aromatic carbocycles. The van der Waals surface area contributed by atoms with Crippen LogP contribution in [0.15, 0.2) is 35.1 Å². The Morgan fingerprint density at radius 1 is 1.32 bits per heavy atom. The summed E-state index contributed by atoms with van der Waals surface area (Å²) in [5.74, 6) is 1.36. The van der Waals surface area contributed by atoms with Crippen molar-refractivity contribution in [2.24, 2.45) is 0 Å². The molecule has 0 aliphatic carbocycles. The number of hydrogen-bond acceptors (Lipinski definition) is 3. The molecule has 1 heterocycles. The standard InChI is InChI=1S/C15H19N3O/c1-3-13-17-14(10-15(19)18-13)16-8-7-12-6-4-5-11(2)9-12/h4-6,9-10H,3,7-8H2,1-2H3,(H2,16,17,18,19). The lowest BCUT2D eigenvalue weighted by Gasteiger charge is -2.07. The van der Waals surface area contributed by atoms with Crippen LogP contribution < -0.4 is 10.9 Å². The third kappa shape index (κ3) is 3.95. The van der Waals surface area contributed by atoms with Crippen molar-refractivity contribution in [2.45, 2.75) is 26.7 Å². The lowest BCUT2D eigenvalue weighted by molar-refractivity contribution is 0.909. The largest absolute Gasteiger partial charge is 0.370 e. The highest BCUT2D eigenvalue weighted by Gasteiger charge is 1.99. The van der Waals surface area contributed by atoms with Crippen molar-refractivity contribution >= 4 is 5.82 Å². The smallest absolute Gasteiger partial charge is 0.252 e. The first-order valence-electron chi connectivity index (χ1n) is 6.57. The fraction of sp³-hybridized carbons (Fsp3) is 0.333. The number of benzene rings is 1. The van der Waals surface area contributed by atoms with Gasteiger partial charge < -0.3 is 10.3 Å². The highest BCUT2D eigenvalue weighted by molar-refractivity contribution is 5.33. The number of hydrogen-bond donors (Lipinski definition) is 2. The molecule has 2 aromatic rings. The summed E-state index contributed by atoms with van der Waals surface area (Å²) in [4.78, 5) is 18.5. The number of nitrogens with one attached hydrogen (secondary N) is 2. The average molecular weight is 257 g/mol. The van der Waals surface area contributed by atoms with E-state index in [1.165, 1.54) is 17.2 Å². The molecule has 0 saturated heterocycles. The second kappa shape index (κ2) is 6.18. The highest BCUT2D eigenvalue weighted by Crippen LogP contribution is 2.05. The third-order valence-electron chi connectivity index (χ3n) is 2.93. The van der Waals surface area contributed by atoms with Crippen LogP contribution in [0.5, 0.6) is 0 Å². The summed E-state index contributed by atoms with van der Waals surface area (Å²) in [6.45, 7) is 4.82. The van der Waals surface area contributed by atoms with Gasteiger partial charge in [0.1, 0.15) is 11.6 Å². The van der Waals surface area contributed by atoms with E-state index in [-0.39, 0.29) is 5.56 Å². The van der Waals surface area contributed by atoms with Gasteiger partial charge in [-0.1, -0.05) is 36.8 Å². The van der Waals surface area contributed by atoms with Gasteiger partial charge in [0.2, 0.25) is 0 Å². The Labute approximate surface area is 112 Å². The van der Waals surface area contributed by atoms with Gasteiger partial charge in [-0.25, -0.2) is 4.98 Å². The molecule has 1 aromatic heterocycles. The summed E-state index contributed by atoms with van der Waals surface area (Å²) in [5, 5.41) is 3.20. The number of aryl methyl sites for hydroxylation is 2. The predicted molar refractivity (Wildman–Crippen MR) is 77.6 cm³/mol. The van der Waals surface area contributed by atoms with Gasteiger partial charge in [-0.05, 0) is 18.9 Å². The number of nitrogens with zero attached hydrogens (tertiary/aromatic N) is 1. The summed E-state index contributed by atoms with van der Waals surface area (Å²) in [7, 11) is 0. The Hall–Kier alpha value is -2.10. The first-order chi connectivity index (χ1) is 9.17. The van der Waals surface area contributed by atoms with E-state index < -0.39 is 0 Å². The van der Waals surface area contributed by atoms with E-state index in [0.29, 0.717) is 11.6 Å². The van der Waals surface area contributed by atoms with Crippen LogP contribution in [0, 0.1) is 6.92 Å². The van der Waals surface area contributed by atoms with E-state index in [0.717, 1.165) is 19.4 Å². The van der Waals surface area contributed by atoms with Crippen LogP contribution in [0.25, 0.3) is 0 Å². The highest BCUT2D eigenvalue weighted by atomic mass is 16.1. The Morgan fingerprint density at radius 2 is 2.16 bits per heavy atom. The number of aromatic nitrogens is 2. The van der Waals surface area contributed by atoms with Gasteiger partial charge in [0.25, 0.3) is 5.56 Å².